The van der Waals surface area contributed by atoms with Gasteiger partial charge in [-0.3, -0.25) is 0 Å². The van der Waals surface area contributed by atoms with Crippen LogP contribution in [0.5, 0.6) is 5.75 Å². The Morgan fingerprint density at radius 3 is 2.55 bits per heavy atom. The normalized spacial score (nSPS) is 11.3. The highest BCUT2D eigenvalue weighted by atomic mass is 32.1. The maximum absolute atomic E-state index is 12.9. The number of nitrogens with one attached hydrogen (secondary N) is 1. The van der Waals surface area contributed by atoms with E-state index in [4.69, 9.17) is 10.00 Å². The number of aromatic nitrogens is 2. The number of pyridine rings is 1. The number of nitrogens with zero attached hydrogens (tertiary/aromatic N) is 3. The predicted molar refractivity (Wildman–Crippen MR) is 105 cm³/mol. The number of halogens is 3. The predicted octanol–water partition coefficient (Wildman–Crippen LogP) is 5.49. The summed E-state index contributed by atoms with van der Waals surface area (Å²) in [6, 6.07) is 11.4. The highest BCUT2D eigenvalue weighted by molar-refractivity contribution is 7.15. The number of thiazole rings is 1. The lowest BCUT2D eigenvalue weighted by atomic mass is 10.2. The van der Waals surface area contributed by atoms with Crippen molar-refractivity contribution in [3.8, 4) is 22.4 Å². The molecule has 0 unspecified atom stereocenters. The molecule has 0 saturated heterocycles. The Balaban J connectivity index is 1.70. The smallest absolute Gasteiger partial charge is 0.433 e. The van der Waals surface area contributed by atoms with Crippen LogP contribution in [0.3, 0.4) is 0 Å². The molecular formula is C20H17F3N4OS. The summed E-state index contributed by atoms with van der Waals surface area (Å²) in [5.41, 5.74) is -0.301. The standard InChI is InChI=1S/C20H17F3N4OS/c1-12(2)28-16-5-3-13(4-6-16)19-26-11-17(29-19)10-25-14-7-15(9-24)27-18(8-14)20(21,22)23/h3-8,11-12H,10H2,1-2H3,(H,25,27). The molecule has 0 saturated carbocycles. The second-order valence-electron chi connectivity index (χ2n) is 6.41. The minimum Gasteiger partial charge on any atom is -0.491 e. The van der Waals surface area contributed by atoms with E-state index in [9.17, 15) is 13.2 Å². The molecule has 1 aromatic carbocycles. The van der Waals surface area contributed by atoms with E-state index in [1.54, 1.807) is 12.3 Å². The van der Waals surface area contributed by atoms with Crippen LogP contribution in [0.15, 0.2) is 42.6 Å². The van der Waals surface area contributed by atoms with Gasteiger partial charge in [-0.1, -0.05) is 0 Å². The molecule has 0 radical (unpaired) electrons. The monoisotopic (exact) mass is 418 g/mol. The van der Waals surface area contributed by atoms with Crippen molar-refractivity contribution in [2.24, 2.45) is 0 Å². The largest absolute Gasteiger partial charge is 0.491 e. The Morgan fingerprint density at radius 1 is 1.21 bits per heavy atom. The summed E-state index contributed by atoms with van der Waals surface area (Å²) in [6.07, 6.45) is -2.86. The van der Waals surface area contributed by atoms with Gasteiger partial charge in [-0.25, -0.2) is 9.97 Å². The molecule has 0 spiro atoms. The number of ether oxygens (including phenoxy) is 1. The Bertz CT molecular complexity index is 1020. The van der Waals surface area contributed by atoms with E-state index in [1.807, 2.05) is 38.1 Å². The zero-order valence-electron chi connectivity index (χ0n) is 15.6. The highest BCUT2D eigenvalue weighted by Gasteiger charge is 2.33. The quantitative estimate of drug-likeness (QED) is 0.573. The third-order valence-electron chi connectivity index (χ3n) is 3.72. The minimum absolute atomic E-state index is 0.0889. The van der Waals surface area contributed by atoms with Gasteiger partial charge in [0.05, 0.1) is 12.6 Å². The van der Waals surface area contributed by atoms with Gasteiger partial charge in [0, 0.05) is 22.3 Å². The number of hydrogen-bond acceptors (Lipinski definition) is 6. The van der Waals surface area contributed by atoms with Crippen LogP contribution in [-0.4, -0.2) is 16.1 Å². The van der Waals surface area contributed by atoms with Crippen molar-refractivity contribution in [2.45, 2.75) is 32.7 Å². The van der Waals surface area contributed by atoms with Crippen molar-refractivity contribution < 1.29 is 17.9 Å². The van der Waals surface area contributed by atoms with E-state index in [-0.39, 0.29) is 24.0 Å². The molecule has 5 nitrogen and oxygen atoms in total. The summed E-state index contributed by atoms with van der Waals surface area (Å²) in [5, 5.41) is 12.6. The van der Waals surface area contributed by atoms with Crippen molar-refractivity contribution in [3.05, 3.63) is 58.9 Å². The Labute approximate surface area is 169 Å². The zero-order valence-corrected chi connectivity index (χ0v) is 16.4. The van der Waals surface area contributed by atoms with Crippen molar-refractivity contribution in [3.63, 3.8) is 0 Å². The van der Waals surface area contributed by atoms with E-state index in [0.717, 1.165) is 27.3 Å². The molecule has 0 aliphatic rings. The molecule has 3 aromatic rings. The van der Waals surface area contributed by atoms with Gasteiger partial charge in [0.25, 0.3) is 0 Å². The van der Waals surface area contributed by atoms with E-state index in [2.05, 4.69) is 15.3 Å². The molecule has 3 rings (SSSR count). The van der Waals surface area contributed by atoms with Crippen LogP contribution < -0.4 is 10.1 Å². The average Bonchev–Trinajstić information content (AvgIpc) is 3.14. The molecule has 0 aliphatic carbocycles. The van der Waals surface area contributed by atoms with Gasteiger partial charge in [-0.15, -0.1) is 11.3 Å². The molecule has 0 amide bonds. The van der Waals surface area contributed by atoms with Gasteiger partial charge in [0.1, 0.15) is 28.2 Å². The Hall–Kier alpha value is -3.12. The number of benzene rings is 1. The van der Waals surface area contributed by atoms with E-state index < -0.39 is 11.9 Å². The molecule has 2 aromatic heterocycles. The molecule has 29 heavy (non-hydrogen) atoms. The Kier molecular flexibility index (Phi) is 6.03. The minimum atomic E-state index is -4.62. The van der Waals surface area contributed by atoms with Crippen LogP contribution in [0.4, 0.5) is 18.9 Å². The van der Waals surface area contributed by atoms with Crippen LogP contribution in [0.1, 0.15) is 30.1 Å². The first-order valence-corrected chi connectivity index (χ1v) is 9.51. The fourth-order valence-electron chi connectivity index (χ4n) is 2.50. The first-order valence-electron chi connectivity index (χ1n) is 8.69. The van der Waals surface area contributed by atoms with Gasteiger partial charge in [-0.05, 0) is 50.2 Å². The SMILES string of the molecule is CC(C)Oc1ccc(-c2ncc(CNc3cc(C#N)nc(C(F)(F)F)c3)s2)cc1. The molecular weight excluding hydrogens is 401 g/mol. The van der Waals surface area contributed by atoms with Crippen LogP contribution in [0.25, 0.3) is 10.6 Å². The van der Waals surface area contributed by atoms with Crippen molar-refractivity contribution in [2.75, 3.05) is 5.32 Å². The molecule has 0 aliphatic heterocycles. The highest BCUT2D eigenvalue weighted by Crippen LogP contribution is 2.31. The Morgan fingerprint density at radius 2 is 1.93 bits per heavy atom. The number of anilines is 1. The summed E-state index contributed by atoms with van der Waals surface area (Å²) < 4.78 is 44.4. The van der Waals surface area contributed by atoms with Crippen molar-refractivity contribution in [1.82, 2.24) is 9.97 Å². The van der Waals surface area contributed by atoms with Crippen LogP contribution in [-0.2, 0) is 12.7 Å². The third kappa shape index (κ3) is 5.45. The molecule has 9 heteroatoms. The number of hydrogen-bond donors (Lipinski definition) is 1. The lowest BCUT2D eigenvalue weighted by Gasteiger charge is -2.10. The first-order chi connectivity index (χ1) is 13.7. The second kappa shape index (κ2) is 8.49. The molecule has 0 fully saturated rings. The zero-order chi connectivity index (χ0) is 21.0. The summed E-state index contributed by atoms with van der Waals surface area (Å²) in [7, 11) is 0. The van der Waals surface area contributed by atoms with Crippen molar-refractivity contribution in [1.29, 1.82) is 5.26 Å². The van der Waals surface area contributed by atoms with E-state index >= 15 is 0 Å². The topological polar surface area (TPSA) is 70.8 Å². The molecule has 1 N–H and O–H groups in total. The van der Waals surface area contributed by atoms with Gasteiger partial charge in [-0.2, -0.15) is 18.4 Å². The van der Waals surface area contributed by atoms with Gasteiger partial charge >= 0.3 is 6.18 Å². The summed E-state index contributed by atoms with van der Waals surface area (Å²) in [6.45, 7) is 4.18. The third-order valence-corrected chi connectivity index (χ3v) is 4.77. The summed E-state index contributed by atoms with van der Waals surface area (Å²) >= 11 is 1.43. The molecule has 2 heterocycles. The van der Waals surface area contributed by atoms with Crippen LogP contribution in [0.2, 0.25) is 0 Å². The molecule has 0 bridgehead atoms. The van der Waals surface area contributed by atoms with Crippen LogP contribution in [0, 0.1) is 11.3 Å². The number of alkyl halides is 3. The van der Waals surface area contributed by atoms with Gasteiger partial charge in [0.15, 0.2) is 0 Å². The molecule has 150 valence electrons. The van der Waals surface area contributed by atoms with E-state index in [0.29, 0.717) is 0 Å². The van der Waals surface area contributed by atoms with Gasteiger partial charge in [0.2, 0.25) is 0 Å². The summed E-state index contributed by atoms with van der Waals surface area (Å²) in [5.74, 6) is 0.772. The maximum Gasteiger partial charge on any atom is 0.433 e. The lowest BCUT2D eigenvalue weighted by Crippen LogP contribution is -2.10. The fourth-order valence-corrected chi connectivity index (χ4v) is 3.35. The van der Waals surface area contributed by atoms with Gasteiger partial charge < -0.3 is 10.1 Å². The van der Waals surface area contributed by atoms with Crippen LogP contribution >= 0.6 is 11.3 Å². The number of nitriles is 1. The van der Waals surface area contributed by atoms with E-state index in [1.165, 1.54) is 17.4 Å². The average molecular weight is 418 g/mol. The first kappa shape index (κ1) is 20.6. The maximum atomic E-state index is 12.9. The molecule has 0 atom stereocenters. The summed E-state index contributed by atoms with van der Waals surface area (Å²) in [4.78, 5) is 8.51. The fraction of sp³-hybridized carbons (Fsp3) is 0.250. The number of rotatable bonds is 6. The van der Waals surface area contributed by atoms with Crippen molar-refractivity contribution >= 4 is 17.0 Å². The lowest BCUT2D eigenvalue weighted by molar-refractivity contribution is -0.141. The second-order valence-corrected chi connectivity index (χ2v) is 7.53.